The Morgan fingerprint density at radius 2 is 1.69 bits per heavy atom. The van der Waals surface area contributed by atoms with Gasteiger partial charge in [-0.2, -0.15) is 0 Å². The number of carbonyl (C=O) groups excluding carboxylic acids is 4. The SMILES string of the molecule is COc1c(NC(=O)[C@@H](NC(=O)[C@@H]2CCCN2C(=O)[C@H](C)NC(=O)[C@H](C)N)C(C)C)cc2oc(=O)c3c(C)c2c1=C(O)C=CC=3O. The van der Waals surface area contributed by atoms with Crippen LogP contribution in [-0.4, -0.2) is 76.6 Å². The fourth-order valence-corrected chi connectivity index (χ4v) is 5.65. The van der Waals surface area contributed by atoms with Crippen LogP contribution in [0.25, 0.3) is 22.5 Å². The maximum absolute atomic E-state index is 13.7. The summed E-state index contributed by atoms with van der Waals surface area (Å²) in [6, 6.07) is -2.25. The van der Waals surface area contributed by atoms with Gasteiger partial charge in [-0.3, -0.25) is 19.2 Å². The molecular weight excluding hydrogens is 586 g/mol. The maximum Gasteiger partial charge on any atom is 0.347 e. The van der Waals surface area contributed by atoms with Gasteiger partial charge in [0.1, 0.15) is 40.4 Å². The molecule has 2 bridgehead atoms. The predicted octanol–water partition coefficient (Wildman–Crippen LogP) is -0.0656. The number of aryl methyl sites for hydroxylation is 1. The lowest BCUT2D eigenvalue weighted by Crippen LogP contribution is -2.56. The average molecular weight is 626 g/mol. The van der Waals surface area contributed by atoms with Gasteiger partial charge in [0, 0.05) is 18.0 Å². The highest BCUT2D eigenvalue weighted by atomic mass is 16.5. The molecule has 0 unspecified atom stereocenters. The molecule has 0 saturated carbocycles. The maximum atomic E-state index is 13.7. The first-order valence-corrected chi connectivity index (χ1v) is 14.6. The van der Waals surface area contributed by atoms with Crippen LogP contribution in [-0.2, 0) is 19.2 Å². The van der Waals surface area contributed by atoms with Gasteiger partial charge in [-0.15, -0.1) is 0 Å². The number of hydrogen-bond donors (Lipinski definition) is 6. The topological polar surface area (TPSA) is 214 Å². The van der Waals surface area contributed by atoms with E-state index in [0.29, 0.717) is 30.3 Å². The molecule has 4 rings (SSSR count). The zero-order valence-corrected chi connectivity index (χ0v) is 26.0. The van der Waals surface area contributed by atoms with Gasteiger partial charge in [0.25, 0.3) is 0 Å². The smallest absolute Gasteiger partial charge is 0.347 e. The number of rotatable bonds is 9. The van der Waals surface area contributed by atoms with E-state index in [1.807, 2.05) is 0 Å². The third-order valence-electron chi connectivity index (χ3n) is 8.00. The molecule has 1 aliphatic heterocycles. The molecule has 1 aromatic heterocycles. The number of nitrogens with one attached hydrogen (secondary N) is 3. The highest BCUT2D eigenvalue weighted by Gasteiger charge is 2.38. The van der Waals surface area contributed by atoms with E-state index in [1.165, 1.54) is 38.0 Å². The number of ether oxygens (including phenoxy) is 1. The van der Waals surface area contributed by atoms with Gasteiger partial charge in [-0.05, 0) is 57.2 Å². The Kier molecular flexibility index (Phi) is 9.56. The summed E-state index contributed by atoms with van der Waals surface area (Å²) in [5.41, 5.74) is 5.21. The van der Waals surface area contributed by atoms with Crippen molar-refractivity contribution in [3.63, 3.8) is 0 Å². The van der Waals surface area contributed by atoms with Crippen LogP contribution in [0.3, 0.4) is 0 Å². The van der Waals surface area contributed by atoms with Gasteiger partial charge >= 0.3 is 5.63 Å². The molecule has 2 heterocycles. The summed E-state index contributed by atoms with van der Waals surface area (Å²) in [7, 11) is 1.34. The Balaban J connectivity index is 1.64. The lowest BCUT2D eigenvalue weighted by atomic mass is 10.00. The molecule has 1 saturated heterocycles. The number of fused-ring (bicyclic) bond motifs is 1. The van der Waals surface area contributed by atoms with Crippen LogP contribution in [0.1, 0.15) is 46.1 Å². The van der Waals surface area contributed by atoms with E-state index in [2.05, 4.69) is 16.0 Å². The number of amides is 4. The Labute approximate surface area is 258 Å². The van der Waals surface area contributed by atoms with Crippen LogP contribution in [0.4, 0.5) is 5.69 Å². The van der Waals surface area contributed by atoms with Crippen LogP contribution < -0.4 is 42.5 Å². The normalized spacial score (nSPS) is 18.0. The molecule has 4 amide bonds. The second-order valence-corrected chi connectivity index (χ2v) is 11.6. The van der Waals surface area contributed by atoms with Crippen molar-refractivity contribution in [3.05, 3.63) is 44.6 Å². The average Bonchev–Trinajstić information content (AvgIpc) is 3.46. The number of likely N-dealkylation sites (tertiary alicyclic amines) is 1. The van der Waals surface area contributed by atoms with Crippen molar-refractivity contribution >= 4 is 51.8 Å². The minimum Gasteiger partial charge on any atom is -0.507 e. The Bertz CT molecular complexity index is 1780. The molecule has 0 spiro atoms. The van der Waals surface area contributed by atoms with Gasteiger partial charge in [0.15, 0.2) is 5.75 Å². The summed E-state index contributed by atoms with van der Waals surface area (Å²) in [6.07, 6.45) is 3.29. The van der Waals surface area contributed by atoms with Crippen molar-refractivity contribution in [2.75, 3.05) is 19.0 Å². The third-order valence-corrected chi connectivity index (χ3v) is 8.00. The van der Waals surface area contributed by atoms with Gasteiger partial charge in [0.05, 0.1) is 24.1 Å². The van der Waals surface area contributed by atoms with Crippen molar-refractivity contribution < 1.29 is 38.5 Å². The molecule has 2 aliphatic rings. The van der Waals surface area contributed by atoms with Crippen LogP contribution in [0.15, 0.2) is 27.4 Å². The van der Waals surface area contributed by atoms with Gasteiger partial charge < -0.3 is 46.0 Å². The van der Waals surface area contributed by atoms with Crippen molar-refractivity contribution in [3.8, 4) is 5.75 Å². The first kappa shape index (κ1) is 33.1. The molecule has 14 heteroatoms. The number of carbonyl (C=O) groups is 4. The summed E-state index contributed by atoms with van der Waals surface area (Å²) in [6.45, 7) is 8.38. The second-order valence-electron chi connectivity index (χ2n) is 11.6. The van der Waals surface area contributed by atoms with Crippen LogP contribution in [0.5, 0.6) is 5.75 Å². The van der Waals surface area contributed by atoms with Crippen molar-refractivity contribution in [1.82, 2.24) is 15.5 Å². The molecule has 14 nitrogen and oxygen atoms in total. The molecule has 1 fully saturated rings. The monoisotopic (exact) mass is 625 g/mol. The largest absolute Gasteiger partial charge is 0.507 e. The quantitative estimate of drug-likeness (QED) is 0.204. The van der Waals surface area contributed by atoms with E-state index < -0.39 is 59.3 Å². The number of benzene rings is 1. The van der Waals surface area contributed by atoms with E-state index in [4.69, 9.17) is 14.9 Å². The molecule has 45 heavy (non-hydrogen) atoms. The lowest BCUT2D eigenvalue weighted by Gasteiger charge is -2.29. The third kappa shape index (κ3) is 6.36. The lowest BCUT2D eigenvalue weighted by molar-refractivity contribution is -0.141. The highest BCUT2D eigenvalue weighted by molar-refractivity contribution is 6.02. The fourth-order valence-electron chi connectivity index (χ4n) is 5.65. The first-order chi connectivity index (χ1) is 21.2. The first-order valence-electron chi connectivity index (χ1n) is 14.6. The highest BCUT2D eigenvalue weighted by Crippen LogP contribution is 2.28. The molecule has 1 aliphatic carbocycles. The minimum atomic E-state index is -1.06. The standard InChI is InChI=1S/C31H39N5O9/c1-13(2)25(35-28(40)18-8-7-11-36(18)30(42)16(5)33-27(39)15(4)32)29(41)34-17-12-21-23-14(3)22(31(43)45-21)19(37)9-10-20(38)24(23)26(17)44-6/h9-10,12-13,15-16,18,25,37-38H,7-8,11,32H2,1-6H3,(H,33,39)(H,34,41)(H,35,40)/t15-,16-,18-,25-/m0/s1. The molecule has 242 valence electrons. The summed E-state index contributed by atoms with van der Waals surface area (Å²) >= 11 is 0. The summed E-state index contributed by atoms with van der Waals surface area (Å²) in [5.74, 6) is -3.12. The zero-order valence-electron chi connectivity index (χ0n) is 26.0. The fraction of sp³-hybridized carbons (Fsp3) is 0.452. The van der Waals surface area contributed by atoms with Crippen molar-refractivity contribution in [1.29, 1.82) is 0 Å². The molecule has 4 atom stereocenters. The molecule has 7 N–H and O–H groups in total. The number of hydrogen-bond acceptors (Lipinski definition) is 10. The number of aliphatic hydroxyl groups is 2. The van der Waals surface area contributed by atoms with E-state index in [0.717, 1.165) is 6.08 Å². The number of aliphatic hydroxyl groups excluding tert-OH is 2. The molecular formula is C31H39N5O9. The summed E-state index contributed by atoms with van der Waals surface area (Å²) in [5, 5.41) is 29.7. The molecule has 2 aromatic rings. The van der Waals surface area contributed by atoms with E-state index in [-0.39, 0.29) is 39.0 Å². The number of nitrogens with two attached hydrogens (primary N) is 1. The van der Waals surface area contributed by atoms with Crippen LogP contribution in [0, 0.1) is 12.8 Å². The Morgan fingerprint density at radius 3 is 2.29 bits per heavy atom. The number of nitrogens with zero attached hydrogens (tertiary/aromatic N) is 1. The molecule has 0 radical (unpaired) electrons. The summed E-state index contributed by atoms with van der Waals surface area (Å²) < 4.78 is 11.1. The predicted molar refractivity (Wildman–Crippen MR) is 166 cm³/mol. The van der Waals surface area contributed by atoms with Gasteiger partial charge in [-0.25, -0.2) is 4.79 Å². The van der Waals surface area contributed by atoms with Gasteiger partial charge in [0.2, 0.25) is 23.6 Å². The van der Waals surface area contributed by atoms with Crippen LogP contribution >= 0.6 is 0 Å². The minimum absolute atomic E-state index is 0.0254. The Morgan fingerprint density at radius 1 is 1.04 bits per heavy atom. The van der Waals surface area contributed by atoms with Crippen molar-refractivity contribution in [2.45, 2.75) is 71.6 Å². The zero-order chi connectivity index (χ0) is 33.3. The number of anilines is 1. The van der Waals surface area contributed by atoms with E-state index in [1.54, 1.807) is 20.8 Å². The van der Waals surface area contributed by atoms with Gasteiger partial charge in [-0.1, -0.05) is 13.8 Å². The molecule has 1 aromatic carbocycles. The Hall–Kier alpha value is -4.85. The summed E-state index contributed by atoms with van der Waals surface area (Å²) in [4.78, 5) is 66.4. The second kappa shape index (κ2) is 13.0. The van der Waals surface area contributed by atoms with E-state index >= 15 is 0 Å². The van der Waals surface area contributed by atoms with Crippen LogP contribution in [0.2, 0.25) is 0 Å². The number of methoxy groups -OCH3 is 1. The van der Waals surface area contributed by atoms with E-state index in [9.17, 15) is 34.2 Å². The van der Waals surface area contributed by atoms with Crippen molar-refractivity contribution in [2.24, 2.45) is 11.7 Å².